The Bertz CT molecular complexity index is 725. The van der Waals surface area contributed by atoms with Crippen LogP contribution < -0.4 is 0 Å². The summed E-state index contributed by atoms with van der Waals surface area (Å²) in [6.45, 7) is 3.85. The topological polar surface area (TPSA) is 90.4 Å². The van der Waals surface area contributed by atoms with Crippen LogP contribution >= 0.6 is 0 Å². The first-order valence-corrected chi connectivity index (χ1v) is 7.53. The molecule has 0 amide bonds. The molecule has 0 atom stereocenters. The average Bonchev–Trinajstić information content (AvgIpc) is 2.75. The summed E-state index contributed by atoms with van der Waals surface area (Å²) in [6, 6.07) is 3.37. The fourth-order valence-electron chi connectivity index (χ4n) is 2.81. The maximum absolute atomic E-state index is 11.2. The molecule has 5 nitrogen and oxygen atoms in total. The van der Waals surface area contributed by atoms with Gasteiger partial charge in [-0.2, -0.15) is 0 Å². The van der Waals surface area contributed by atoms with Gasteiger partial charge < -0.3 is 15.2 Å². The predicted octanol–water partition coefficient (Wildman–Crippen LogP) is 2.24. The predicted molar refractivity (Wildman–Crippen MR) is 98.9 cm³/mol. The number of carbonyl (C=O) groups is 2. The standard InChI is InChI=1S/C17H21NO4.2Na.2H/c1-3-4-5-6-14-13(9-16(19)20)12-7-10(2)11(17(21)22)8-15(12)18-14;;;;/h7-8,18H,3-6,9H2,1-2H3,(H,19,20)(H,21,22);;;;. The third-order valence-corrected chi connectivity index (χ3v) is 3.93. The summed E-state index contributed by atoms with van der Waals surface area (Å²) in [7, 11) is 0. The van der Waals surface area contributed by atoms with E-state index >= 15 is 0 Å². The zero-order valence-electron chi connectivity index (χ0n) is 12.9. The van der Waals surface area contributed by atoms with Crippen LogP contribution in [0.3, 0.4) is 0 Å². The van der Waals surface area contributed by atoms with Crippen LogP contribution in [-0.2, 0) is 17.6 Å². The van der Waals surface area contributed by atoms with Gasteiger partial charge in [0.25, 0.3) is 0 Å². The SMILES string of the molecule is CCCCCc1[nH]c2cc(C(=O)O)c(C)cc2c1CC(=O)O.[NaH].[NaH]. The van der Waals surface area contributed by atoms with Gasteiger partial charge in [0, 0.05) is 16.6 Å². The molecule has 1 aromatic carbocycles. The monoisotopic (exact) mass is 351 g/mol. The van der Waals surface area contributed by atoms with E-state index in [1.54, 1.807) is 19.1 Å². The van der Waals surface area contributed by atoms with Crippen LogP contribution in [0.1, 0.15) is 53.4 Å². The van der Waals surface area contributed by atoms with Gasteiger partial charge >= 0.3 is 71.1 Å². The molecular weight excluding hydrogens is 328 g/mol. The number of aromatic nitrogens is 1. The van der Waals surface area contributed by atoms with Crippen molar-refractivity contribution < 1.29 is 19.8 Å². The first kappa shape index (κ1) is 23.7. The second-order valence-corrected chi connectivity index (χ2v) is 5.63. The molecule has 7 heteroatoms. The van der Waals surface area contributed by atoms with Crippen molar-refractivity contribution >= 4 is 82.0 Å². The van der Waals surface area contributed by atoms with Gasteiger partial charge in [0.1, 0.15) is 0 Å². The van der Waals surface area contributed by atoms with E-state index in [1.807, 2.05) is 0 Å². The minimum atomic E-state index is -0.971. The van der Waals surface area contributed by atoms with Crippen molar-refractivity contribution in [1.29, 1.82) is 0 Å². The van der Waals surface area contributed by atoms with Crippen molar-refractivity contribution in [2.75, 3.05) is 0 Å². The number of hydrogen-bond donors (Lipinski definition) is 3. The molecule has 0 spiro atoms. The first-order valence-electron chi connectivity index (χ1n) is 7.53. The molecule has 0 fully saturated rings. The fourth-order valence-corrected chi connectivity index (χ4v) is 2.81. The molecule has 2 rings (SSSR count). The maximum atomic E-state index is 11.2. The van der Waals surface area contributed by atoms with Gasteiger partial charge in [0.05, 0.1) is 12.0 Å². The van der Waals surface area contributed by atoms with E-state index in [9.17, 15) is 14.7 Å². The molecule has 0 saturated carbocycles. The molecule has 1 heterocycles. The van der Waals surface area contributed by atoms with E-state index in [0.29, 0.717) is 11.1 Å². The number of hydrogen-bond acceptors (Lipinski definition) is 2. The molecule has 24 heavy (non-hydrogen) atoms. The Balaban J connectivity index is 0.00000264. The molecular formula is C17H23NNa2O4. The Hall–Kier alpha value is -0.300. The summed E-state index contributed by atoms with van der Waals surface area (Å²) in [5.41, 5.74) is 3.28. The van der Waals surface area contributed by atoms with Crippen LogP contribution in [0.15, 0.2) is 12.1 Å². The molecule has 122 valence electrons. The quantitative estimate of drug-likeness (QED) is 0.527. The molecule has 0 aliphatic rings. The van der Waals surface area contributed by atoms with Crippen molar-refractivity contribution in [3.63, 3.8) is 0 Å². The normalized spacial score (nSPS) is 10.1. The van der Waals surface area contributed by atoms with Crippen molar-refractivity contribution in [2.24, 2.45) is 0 Å². The summed E-state index contributed by atoms with van der Waals surface area (Å²) in [5.74, 6) is -1.85. The molecule has 0 aliphatic heterocycles. The number of aromatic carboxylic acids is 1. The van der Waals surface area contributed by atoms with Crippen LogP contribution in [0.4, 0.5) is 0 Å². The van der Waals surface area contributed by atoms with Gasteiger partial charge in [-0.05, 0) is 43.0 Å². The molecule has 0 radical (unpaired) electrons. The van der Waals surface area contributed by atoms with Gasteiger partial charge in [-0.25, -0.2) is 4.79 Å². The van der Waals surface area contributed by atoms with Crippen molar-refractivity contribution in [3.05, 3.63) is 34.5 Å². The van der Waals surface area contributed by atoms with Crippen molar-refractivity contribution in [1.82, 2.24) is 4.98 Å². The molecule has 3 N–H and O–H groups in total. The summed E-state index contributed by atoms with van der Waals surface area (Å²) >= 11 is 0. The minimum absolute atomic E-state index is 0. The molecule has 0 bridgehead atoms. The Morgan fingerprint density at radius 3 is 2.33 bits per heavy atom. The van der Waals surface area contributed by atoms with Gasteiger partial charge in [-0.3, -0.25) is 4.79 Å². The number of carboxylic acid groups (broad SMARTS) is 2. The third-order valence-electron chi connectivity index (χ3n) is 3.93. The van der Waals surface area contributed by atoms with Gasteiger partial charge in [-0.15, -0.1) is 0 Å². The Morgan fingerprint density at radius 2 is 1.79 bits per heavy atom. The number of benzene rings is 1. The van der Waals surface area contributed by atoms with Crippen LogP contribution in [0.25, 0.3) is 10.9 Å². The van der Waals surface area contributed by atoms with Crippen LogP contribution in [0.2, 0.25) is 0 Å². The number of H-pyrrole nitrogens is 1. The van der Waals surface area contributed by atoms with E-state index in [-0.39, 0.29) is 71.1 Å². The second-order valence-electron chi connectivity index (χ2n) is 5.63. The number of aliphatic carboxylic acids is 1. The van der Waals surface area contributed by atoms with Gasteiger partial charge in [-0.1, -0.05) is 19.8 Å². The summed E-state index contributed by atoms with van der Waals surface area (Å²) in [4.78, 5) is 25.6. The molecule has 0 unspecified atom stereocenters. The van der Waals surface area contributed by atoms with E-state index in [4.69, 9.17) is 5.11 Å². The summed E-state index contributed by atoms with van der Waals surface area (Å²) in [6.07, 6.45) is 3.90. The van der Waals surface area contributed by atoms with Crippen LogP contribution in [0.5, 0.6) is 0 Å². The van der Waals surface area contributed by atoms with Gasteiger partial charge in [0.15, 0.2) is 0 Å². The van der Waals surface area contributed by atoms with E-state index in [0.717, 1.165) is 42.3 Å². The number of rotatable bonds is 7. The number of aromatic amines is 1. The molecule has 0 aliphatic carbocycles. The molecule has 0 saturated heterocycles. The van der Waals surface area contributed by atoms with E-state index in [1.165, 1.54) is 0 Å². The third kappa shape index (κ3) is 5.61. The van der Waals surface area contributed by atoms with Crippen molar-refractivity contribution in [2.45, 2.75) is 46.0 Å². The van der Waals surface area contributed by atoms with Crippen LogP contribution in [0, 0.1) is 6.92 Å². The van der Waals surface area contributed by atoms with E-state index < -0.39 is 11.9 Å². The van der Waals surface area contributed by atoms with Crippen molar-refractivity contribution in [3.8, 4) is 0 Å². The number of carboxylic acids is 2. The average molecular weight is 351 g/mol. The summed E-state index contributed by atoms with van der Waals surface area (Å²) in [5, 5.41) is 19.2. The second kappa shape index (κ2) is 10.6. The first-order chi connectivity index (χ1) is 10.4. The number of nitrogens with one attached hydrogen (secondary N) is 1. The number of fused-ring (bicyclic) bond motifs is 1. The van der Waals surface area contributed by atoms with Gasteiger partial charge in [0.2, 0.25) is 0 Å². The Kier molecular flexibility index (Phi) is 10.5. The zero-order chi connectivity index (χ0) is 16.3. The van der Waals surface area contributed by atoms with Crippen LogP contribution in [-0.4, -0.2) is 86.3 Å². The Morgan fingerprint density at radius 1 is 1.12 bits per heavy atom. The summed E-state index contributed by atoms with van der Waals surface area (Å²) < 4.78 is 0. The zero-order valence-corrected chi connectivity index (χ0v) is 12.9. The Labute approximate surface area is 185 Å². The fraction of sp³-hybridized carbons (Fsp3) is 0.412. The van der Waals surface area contributed by atoms with E-state index in [2.05, 4.69) is 11.9 Å². The molecule has 1 aromatic heterocycles. The molecule has 2 aromatic rings. The number of unbranched alkanes of at least 4 members (excludes halogenated alkanes) is 2. The number of aryl methyl sites for hydroxylation is 2.